The summed E-state index contributed by atoms with van der Waals surface area (Å²) >= 11 is 0. The number of aromatic nitrogens is 2. The van der Waals surface area contributed by atoms with Gasteiger partial charge in [-0.1, -0.05) is 12.1 Å². The smallest absolute Gasteiger partial charge is 0.267 e. The van der Waals surface area contributed by atoms with Crippen LogP contribution in [-0.2, 0) is 11.0 Å². The number of nitrogens with two attached hydrogens (primary N) is 1. The highest BCUT2D eigenvalue weighted by molar-refractivity contribution is 7.82. The maximum Gasteiger partial charge on any atom is 0.267 e. The molecule has 1 amide bonds. The van der Waals surface area contributed by atoms with Crippen LogP contribution in [0.3, 0.4) is 0 Å². The van der Waals surface area contributed by atoms with E-state index in [0.717, 1.165) is 16.5 Å². The Balaban J connectivity index is 2.10. The lowest BCUT2D eigenvalue weighted by Gasteiger charge is -2.10. The number of amides is 1. The number of primary amides is 1. The zero-order chi connectivity index (χ0) is 17.3. The highest BCUT2D eigenvalue weighted by Gasteiger charge is 2.11. The van der Waals surface area contributed by atoms with Gasteiger partial charge in [0.1, 0.15) is 16.7 Å². The molecule has 0 saturated heterocycles. The summed E-state index contributed by atoms with van der Waals surface area (Å²) in [6, 6.07) is 10.7. The molecule has 0 fully saturated rings. The van der Waals surface area contributed by atoms with Crippen LogP contribution in [0.1, 0.15) is 10.5 Å². The first-order valence-corrected chi connectivity index (χ1v) is 8.32. The van der Waals surface area contributed by atoms with Gasteiger partial charge in [0, 0.05) is 23.3 Å². The highest BCUT2D eigenvalue weighted by Crippen LogP contribution is 2.27. The largest absolute Gasteiger partial charge is 0.364 e. The first-order valence-electron chi connectivity index (χ1n) is 7.21. The zero-order valence-electron chi connectivity index (χ0n) is 13.3. The third-order valence-corrected chi connectivity index (χ3v) is 4.89. The number of benzene rings is 1. The molecule has 7 heteroatoms. The molecule has 0 bridgehead atoms. The van der Waals surface area contributed by atoms with E-state index in [1.165, 1.54) is 0 Å². The quantitative estimate of drug-likeness (QED) is 0.786. The summed E-state index contributed by atoms with van der Waals surface area (Å²) in [5.74, 6) is -0.573. The van der Waals surface area contributed by atoms with E-state index in [2.05, 4.69) is 9.97 Å². The average Bonchev–Trinajstić information content (AvgIpc) is 2.60. The molecule has 6 nitrogen and oxygen atoms in total. The monoisotopic (exact) mass is 340 g/mol. The fourth-order valence-electron chi connectivity index (χ4n) is 2.35. The van der Waals surface area contributed by atoms with Crippen molar-refractivity contribution < 1.29 is 9.00 Å². The molecule has 0 spiro atoms. The van der Waals surface area contributed by atoms with Crippen LogP contribution in [-0.4, -0.2) is 38.5 Å². The minimum absolute atomic E-state index is 0.209. The van der Waals surface area contributed by atoms with E-state index in [1.807, 2.05) is 24.3 Å². The van der Waals surface area contributed by atoms with Crippen LogP contribution in [0.4, 0.5) is 0 Å². The minimum atomic E-state index is -1.20. The highest BCUT2D eigenvalue weighted by atomic mass is 32.2. The topological polar surface area (TPSA) is 89.2 Å². The van der Waals surface area contributed by atoms with Crippen molar-refractivity contribution in [1.82, 2.24) is 14.3 Å². The Morgan fingerprint density at radius 2 is 1.79 bits per heavy atom. The molecule has 2 aromatic heterocycles. The lowest BCUT2D eigenvalue weighted by molar-refractivity contribution is 0.0996. The molecule has 1 unspecified atom stereocenters. The van der Waals surface area contributed by atoms with Crippen LogP contribution in [0, 0.1) is 0 Å². The SMILES string of the molecule is CN(C)S(=O)c1ccc(-c2cncc3ccc(C(N)=O)nc23)cc1. The summed E-state index contributed by atoms with van der Waals surface area (Å²) in [5, 5.41) is 0.818. The molecule has 3 rings (SSSR count). The first-order chi connectivity index (χ1) is 11.5. The fraction of sp³-hybridized carbons (Fsp3) is 0.118. The van der Waals surface area contributed by atoms with Crippen molar-refractivity contribution >= 4 is 27.8 Å². The van der Waals surface area contributed by atoms with Gasteiger partial charge in [0.25, 0.3) is 5.91 Å². The molecule has 1 atom stereocenters. The zero-order valence-corrected chi connectivity index (χ0v) is 14.1. The predicted octanol–water partition coefficient (Wildman–Crippen LogP) is 1.98. The lowest BCUT2D eigenvalue weighted by atomic mass is 10.0. The summed E-state index contributed by atoms with van der Waals surface area (Å²) in [7, 11) is 2.32. The van der Waals surface area contributed by atoms with Crippen LogP contribution in [0.5, 0.6) is 0 Å². The van der Waals surface area contributed by atoms with Gasteiger partial charge < -0.3 is 5.73 Å². The van der Waals surface area contributed by atoms with Crippen molar-refractivity contribution in [2.24, 2.45) is 5.73 Å². The van der Waals surface area contributed by atoms with Crippen LogP contribution < -0.4 is 5.73 Å². The number of carbonyl (C=O) groups is 1. The van der Waals surface area contributed by atoms with Crippen molar-refractivity contribution in [3.05, 3.63) is 54.5 Å². The van der Waals surface area contributed by atoms with E-state index in [1.54, 1.807) is 42.9 Å². The maximum absolute atomic E-state index is 12.1. The number of hydrogen-bond donors (Lipinski definition) is 1. The summed E-state index contributed by atoms with van der Waals surface area (Å²) < 4.78 is 13.7. The molecule has 3 aromatic rings. The molecule has 0 saturated carbocycles. The maximum atomic E-state index is 12.1. The van der Waals surface area contributed by atoms with Crippen molar-refractivity contribution in [3.8, 4) is 11.1 Å². The third kappa shape index (κ3) is 3.04. The van der Waals surface area contributed by atoms with Gasteiger partial charge in [-0.3, -0.25) is 9.78 Å². The van der Waals surface area contributed by atoms with E-state index in [4.69, 9.17) is 5.73 Å². The van der Waals surface area contributed by atoms with Crippen molar-refractivity contribution in [2.45, 2.75) is 4.90 Å². The molecular weight excluding hydrogens is 324 g/mol. The number of carbonyl (C=O) groups excluding carboxylic acids is 1. The summed E-state index contributed by atoms with van der Waals surface area (Å²) in [6.45, 7) is 0. The Bertz CT molecular complexity index is 939. The van der Waals surface area contributed by atoms with Gasteiger partial charge in [0.15, 0.2) is 0 Å². The molecule has 2 heterocycles. The molecule has 24 heavy (non-hydrogen) atoms. The van der Waals surface area contributed by atoms with E-state index in [9.17, 15) is 9.00 Å². The molecule has 1 aromatic carbocycles. The molecular formula is C17H16N4O2S. The first kappa shape index (κ1) is 16.2. The van der Waals surface area contributed by atoms with Crippen LogP contribution in [0.25, 0.3) is 22.0 Å². The van der Waals surface area contributed by atoms with E-state index in [-0.39, 0.29) is 5.69 Å². The summed E-state index contributed by atoms with van der Waals surface area (Å²) in [5.41, 5.74) is 7.85. The lowest BCUT2D eigenvalue weighted by Crippen LogP contribution is -2.15. The normalized spacial score (nSPS) is 12.5. The Labute approximate surface area is 141 Å². The van der Waals surface area contributed by atoms with Crippen molar-refractivity contribution in [3.63, 3.8) is 0 Å². The van der Waals surface area contributed by atoms with Gasteiger partial charge in [-0.25, -0.2) is 13.5 Å². The van der Waals surface area contributed by atoms with Gasteiger partial charge in [-0.05, 0) is 43.9 Å². The minimum Gasteiger partial charge on any atom is -0.364 e. The van der Waals surface area contributed by atoms with E-state index < -0.39 is 16.9 Å². The second-order valence-corrected chi connectivity index (χ2v) is 7.11. The van der Waals surface area contributed by atoms with Crippen LogP contribution in [0.2, 0.25) is 0 Å². The fourth-order valence-corrected chi connectivity index (χ4v) is 3.14. The van der Waals surface area contributed by atoms with Gasteiger partial charge >= 0.3 is 0 Å². The molecule has 0 aliphatic carbocycles. The Morgan fingerprint density at radius 1 is 1.08 bits per heavy atom. The molecule has 122 valence electrons. The van der Waals surface area contributed by atoms with Gasteiger partial charge in [0.2, 0.25) is 0 Å². The Hall–Kier alpha value is -2.64. The molecule has 0 aliphatic heterocycles. The molecule has 0 aliphatic rings. The van der Waals surface area contributed by atoms with Gasteiger partial charge in [-0.15, -0.1) is 0 Å². The average molecular weight is 340 g/mol. The summed E-state index contributed by atoms with van der Waals surface area (Å²) in [6.07, 6.45) is 3.38. The number of nitrogens with zero attached hydrogens (tertiary/aromatic N) is 3. The van der Waals surface area contributed by atoms with Crippen LogP contribution in [0.15, 0.2) is 53.7 Å². The number of hydrogen-bond acceptors (Lipinski definition) is 4. The third-order valence-electron chi connectivity index (χ3n) is 3.55. The van der Waals surface area contributed by atoms with Crippen molar-refractivity contribution in [1.29, 1.82) is 0 Å². The second-order valence-electron chi connectivity index (χ2n) is 5.41. The van der Waals surface area contributed by atoms with Gasteiger partial charge in [-0.2, -0.15) is 0 Å². The van der Waals surface area contributed by atoms with E-state index in [0.29, 0.717) is 10.4 Å². The number of pyridine rings is 2. The van der Waals surface area contributed by atoms with Crippen LogP contribution >= 0.6 is 0 Å². The standard InChI is InChI=1S/C17H16N4O2S/c1-21(2)24(23)13-6-3-11(4-7-13)14-10-19-9-12-5-8-15(17(18)22)20-16(12)14/h3-10H,1-2H3,(H2,18,22). The Morgan fingerprint density at radius 3 is 2.42 bits per heavy atom. The van der Waals surface area contributed by atoms with Crippen molar-refractivity contribution in [2.75, 3.05) is 14.1 Å². The van der Waals surface area contributed by atoms with E-state index >= 15 is 0 Å². The predicted molar refractivity (Wildman–Crippen MR) is 93.6 cm³/mol. The Kier molecular flexibility index (Phi) is 4.37. The summed E-state index contributed by atoms with van der Waals surface area (Å²) in [4.78, 5) is 20.7. The molecule has 2 N–H and O–H groups in total. The number of rotatable bonds is 4. The molecule has 0 radical (unpaired) electrons. The van der Waals surface area contributed by atoms with Gasteiger partial charge in [0.05, 0.1) is 10.4 Å². The number of fused-ring (bicyclic) bond motifs is 1. The second kappa shape index (κ2) is 6.46.